The Balaban J connectivity index is 2.48. The van der Waals surface area contributed by atoms with Crippen LogP contribution in [0.3, 0.4) is 0 Å². The number of nitrogens with one attached hydrogen (secondary N) is 1. The van der Waals surface area contributed by atoms with Crippen LogP contribution in [-0.2, 0) is 14.6 Å². The molecule has 0 aromatic heterocycles. The highest BCUT2D eigenvalue weighted by atomic mass is 32.2. The summed E-state index contributed by atoms with van der Waals surface area (Å²) in [5.74, 6) is 0.0395. The van der Waals surface area contributed by atoms with Crippen LogP contribution < -0.4 is 5.32 Å². The lowest BCUT2D eigenvalue weighted by Gasteiger charge is -2.36. The second kappa shape index (κ2) is 5.96. The molecule has 0 aromatic rings. The lowest BCUT2D eigenvalue weighted by Crippen LogP contribution is -2.46. The maximum Gasteiger partial charge on any atom is 0.147 e. The normalized spacial score (nSPS) is 20.1. The molecule has 0 heterocycles. The Kier molecular flexibility index (Phi) is 5.13. The average molecular weight is 261 g/mol. The third kappa shape index (κ3) is 5.17. The molecule has 0 radical (unpaired) electrons. The summed E-state index contributed by atoms with van der Waals surface area (Å²) in [4.78, 5) is 11.8. The van der Waals surface area contributed by atoms with Crippen LogP contribution >= 0.6 is 0 Å². The van der Waals surface area contributed by atoms with E-state index in [1.54, 1.807) is 0 Å². The maximum atomic E-state index is 11.8. The van der Waals surface area contributed by atoms with Gasteiger partial charge in [-0.1, -0.05) is 19.3 Å². The van der Waals surface area contributed by atoms with E-state index in [-0.39, 0.29) is 23.5 Å². The minimum atomic E-state index is -3.03. The molecule has 0 unspecified atom stereocenters. The topological polar surface area (TPSA) is 63.2 Å². The van der Waals surface area contributed by atoms with E-state index in [2.05, 4.69) is 5.32 Å². The molecule has 0 atom stereocenters. The first kappa shape index (κ1) is 14.6. The van der Waals surface area contributed by atoms with Gasteiger partial charge < -0.3 is 5.32 Å². The van der Waals surface area contributed by atoms with Gasteiger partial charge in [0.2, 0.25) is 0 Å². The zero-order valence-electron chi connectivity index (χ0n) is 10.8. The van der Waals surface area contributed by atoms with Gasteiger partial charge >= 0.3 is 0 Å². The van der Waals surface area contributed by atoms with Crippen LogP contribution in [0.15, 0.2) is 0 Å². The largest absolute Gasteiger partial charge is 0.314 e. The summed E-state index contributed by atoms with van der Waals surface area (Å²) in [7, 11) is -1.13. The number of carbonyl (C=O) groups excluding carboxylic acids is 1. The first-order valence-electron chi connectivity index (χ1n) is 6.25. The van der Waals surface area contributed by atoms with E-state index >= 15 is 0 Å². The van der Waals surface area contributed by atoms with Gasteiger partial charge in [0.05, 0.1) is 5.75 Å². The van der Waals surface area contributed by atoms with Crippen LogP contribution in [0.25, 0.3) is 0 Å². The molecule has 0 saturated heterocycles. The van der Waals surface area contributed by atoms with Gasteiger partial charge in [0.1, 0.15) is 15.6 Å². The molecule has 1 rings (SSSR count). The van der Waals surface area contributed by atoms with Gasteiger partial charge in [-0.3, -0.25) is 4.79 Å². The van der Waals surface area contributed by atoms with E-state index in [4.69, 9.17) is 0 Å². The lowest BCUT2D eigenvalue weighted by atomic mass is 9.78. The van der Waals surface area contributed by atoms with Crippen molar-refractivity contribution in [1.82, 2.24) is 5.32 Å². The fourth-order valence-corrected chi connectivity index (χ4v) is 3.11. The predicted octanol–water partition coefficient (Wildman–Crippen LogP) is 1.30. The molecule has 0 amide bonds. The summed E-state index contributed by atoms with van der Waals surface area (Å²) in [6.07, 6.45) is 7.39. The highest BCUT2D eigenvalue weighted by Gasteiger charge is 2.32. The summed E-state index contributed by atoms with van der Waals surface area (Å²) >= 11 is 0. The summed E-state index contributed by atoms with van der Waals surface area (Å²) in [6, 6.07) is 0. The van der Waals surface area contributed by atoms with Crippen molar-refractivity contribution in [2.45, 2.75) is 50.5 Å². The number of Topliss-reactive ketones (excluding diaryl/α,β-unsaturated/α-hetero) is 1. The molecule has 4 nitrogen and oxygen atoms in total. The predicted molar refractivity (Wildman–Crippen MR) is 68.8 cm³/mol. The molecule has 0 spiro atoms. The van der Waals surface area contributed by atoms with Crippen molar-refractivity contribution in [3.8, 4) is 0 Å². The van der Waals surface area contributed by atoms with Crippen LogP contribution in [0.5, 0.6) is 0 Å². The fourth-order valence-electron chi connectivity index (χ4n) is 2.51. The van der Waals surface area contributed by atoms with Crippen molar-refractivity contribution in [2.75, 3.05) is 19.1 Å². The van der Waals surface area contributed by atoms with E-state index in [0.717, 1.165) is 25.7 Å². The first-order valence-corrected chi connectivity index (χ1v) is 8.31. The van der Waals surface area contributed by atoms with E-state index in [9.17, 15) is 13.2 Å². The van der Waals surface area contributed by atoms with E-state index < -0.39 is 9.84 Å². The molecule has 1 aliphatic carbocycles. The summed E-state index contributed by atoms with van der Waals surface area (Å²) in [5, 5.41) is 3.28. The Hall–Kier alpha value is -0.420. The smallest absolute Gasteiger partial charge is 0.147 e. The average Bonchev–Trinajstić information content (AvgIpc) is 2.27. The monoisotopic (exact) mass is 261 g/mol. The van der Waals surface area contributed by atoms with Crippen LogP contribution in [0.4, 0.5) is 0 Å². The molecule has 1 saturated carbocycles. The Labute approximate surface area is 104 Å². The first-order chi connectivity index (χ1) is 7.87. The minimum absolute atomic E-state index is 0.0222. The van der Waals surface area contributed by atoms with Crippen molar-refractivity contribution in [3.63, 3.8) is 0 Å². The van der Waals surface area contributed by atoms with Crippen molar-refractivity contribution in [3.05, 3.63) is 0 Å². The maximum absolute atomic E-state index is 11.8. The Bertz CT molecular complexity index is 356. The highest BCUT2D eigenvalue weighted by molar-refractivity contribution is 7.90. The number of hydrogen-bond acceptors (Lipinski definition) is 4. The van der Waals surface area contributed by atoms with Crippen molar-refractivity contribution >= 4 is 15.6 Å². The van der Waals surface area contributed by atoms with Gasteiger partial charge in [0, 0.05) is 24.6 Å². The molecule has 0 bridgehead atoms. The summed E-state index contributed by atoms with van der Waals surface area (Å²) < 4.78 is 22.0. The lowest BCUT2D eigenvalue weighted by molar-refractivity contribution is -0.120. The van der Waals surface area contributed by atoms with Crippen LogP contribution in [-0.4, -0.2) is 38.8 Å². The van der Waals surface area contributed by atoms with Gasteiger partial charge in [0.15, 0.2) is 0 Å². The third-order valence-electron chi connectivity index (χ3n) is 3.63. The van der Waals surface area contributed by atoms with Gasteiger partial charge in [-0.25, -0.2) is 8.42 Å². The molecule has 0 aromatic carbocycles. The summed E-state index contributed by atoms with van der Waals surface area (Å²) in [5.41, 5.74) is -0.0766. The van der Waals surface area contributed by atoms with Crippen LogP contribution in [0.2, 0.25) is 0 Å². The Morgan fingerprint density at radius 1 is 1.24 bits per heavy atom. The number of sulfone groups is 1. The molecule has 1 N–H and O–H groups in total. The van der Waals surface area contributed by atoms with Gasteiger partial charge in [-0.05, 0) is 19.9 Å². The number of hydrogen-bond donors (Lipinski definition) is 1. The van der Waals surface area contributed by atoms with E-state index in [1.807, 2.05) is 7.05 Å². The zero-order chi connectivity index (χ0) is 12.9. The number of carbonyl (C=O) groups is 1. The standard InChI is InChI=1S/C12H23NO3S/c1-13-12(7-4-3-5-8-12)10-11(14)6-9-17(2,15)16/h13H,3-10H2,1-2H3. The van der Waals surface area contributed by atoms with Crippen molar-refractivity contribution in [1.29, 1.82) is 0 Å². The molecule has 1 aliphatic rings. The quantitative estimate of drug-likeness (QED) is 0.783. The minimum Gasteiger partial charge on any atom is -0.314 e. The van der Waals surface area contributed by atoms with Crippen molar-refractivity contribution < 1.29 is 13.2 Å². The fraction of sp³-hybridized carbons (Fsp3) is 0.917. The Morgan fingerprint density at radius 2 is 1.82 bits per heavy atom. The molecule has 1 fully saturated rings. The number of rotatable bonds is 6. The van der Waals surface area contributed by atoms with Crippen LogP contribution in [0, 0.1) is 0 Å². The Morgan fingerprint density at radius 3 is 2.29 bits per heavy atom. The highest BCUT2D eigenvalue weighted by Crippen LogP contribution is 2.31. The molecular formula is C12H23NO3S. The molecule has 17 heavy (non-hydrogen) atoms. The molecule has 100 valence electrons. The van der Waals surface area contributed by atoms with E-state index in [0.29, 0.717) is 6.42 Å². The van der Waals surface area contributed by atoms with Gasteiger partial charge in [-0.15, -0.1) is 0 Å². The van der Waals surface area contributed by atoms with Crippen molar-refractivity contribution in [2.24, 2.45) is 0 Å². The molecular weight excluding hydrogens is 238 g/mol. The third-order valence-corrected chi connectivity index (χ3v) is 4.57. The molecule has 5 heteroatoms. The number of ketones is 1. The second-order valence-electron chi connectivity index (χ2n) is 5.19. The van der Waals surface area contributed by atoms with E-state index in [1.165, 1.54) is 12.7 Å². The van der Waals surface area contributed by atoms with Gasteiger partial charge in [0.25, 0.3) is 0 Å². The second-order valence-corrected chi connectivity index (χ2v) is 7.45. The zero-order valence-corrected chi connectivity index (χ0v) is 11.6. The van der Waals surface area contributed by atoms with Crippen LogP contribution in [0.1, 0.15) is 44.9 Å². The molecule has 0 aliphatic heterocycles. The SMILES string of the molecule is CNC1(CC(=O)CCS(C)(=O)=O)CCCCC1. The summed E-state index contributed by atoms with van der Waals surface area (Å²) in [6.45, 7) is 0. The van der Waals surface area contributed by atoms with Gasteiger partial charge in [-0.2, -0.15) is 0 Å².